The molecule has 1 heterocycles. The first-order chi connectivity index (χ1) is 13.3. The Morgan fingerprint density at radius 3 is 2.32 bits per heavy atom. The third-order valence-corrected chi connectivity index (χ3v) is 6.47. The number of halogens is 2. The molecule has 0 atom stereocenters. The topological polar surface area (TPSA) is 69.7 Å². The number of carbonyl (C=O) groups excluding carboxylic acids is 1. The number of carbonyl (C=O) groups is 1. The summed E-state index contributed by atoms with van der Waals surface area (Å²) >= 11 is 0. The zero-order valence-electron chi connectivity index (χ0n) is 15.4. The van der Waals surface area contributed by atoms with Crippen molar-refractivity contribution in [3.8, 4) is 0 Å². The second-order valence-corrected chi connectivity index (χ2v) is 8.60. The van der Waals surface area contributed by atoms with Gasteiger partial charge >= 0.3 is 0 Å². The van der Waals surface area contributed by atoms with Crippen LogP contribution in [0.5, 0.6) is 0 Å². The summed E-state index contributed by atoms with van der Waals surface area (Å²) in [6.07, 6.45) is 0. The molecule has 150 valence electrons. The van der Waals surface area contributed by atoms with Gasteiger partial charge in [-0.05, 0) is 31.2 Å². The van der Waals surface area contributed by atoms with Gasteiger partial charge in [0.2, 0.25) is 15.9 Å². The Labute approximate surface area is 162 Å². The summed E-state index contributed by atoms with van der Waals surface area (Å²) in [4.78, 5) is 14.1. The molecule has 1 aliphatic heterocycles. The monoisotopic (exact) mass is 409 g/mol. The van der Waals surface area contributed by atoms with Gasteiger partial charge < -0.3 is 5.32 Å². The van der Waals surface area contributed by atoms with Crippen molar-refractivity contribution in [3.05, 3.63) is 59.7 Å². The number of amides is 1. The van der Waals surface area contributed by atoms with Crippen LogP contribution < -0.4 is 5.32 Å². The van der Waals surface area contributed by atoms with E-state index in [0.29, 0.717) is 13.1 Å². The van der Waals surface area contributed by atoms with E-state index >= 15 is 0 Å². The van der Waals surface area contributed by atoms with Crippen LogP contribution in [0.1, 0.15) is 5.56 Å². The number of sulfonamides is 1. The molecule has 1 saturated heterocycles. The summed E-state index contributed by atoms with van der Waals surface area (Å²) in [5.41, 5.74) is 0.759. The van der Waals surface area contributed by atoms with Crippen molar-refractivity contribution in [2.24, 2.45) is 0 Å². The van der Waals surface area contributed by atoms with Gasteiger partial charge in [0.1, 0.15) is 11.6 Å². The number of benzene rings is 2. The van der Waals surface area contributed by atoms with E-state index in [1.807, 2.05) is 6.92 Å². The molecule has 0 aliphatic carbocycles. The Morgan fingerprint density at radius 1 is 1.04 bits per heavy atom. The van der Waals surface area contributed by atoms with Crippen LogP contribution in [0.2, 0.25) is 0 Å². The molecular weight excluding hydrogens is 388 g/mol. The molecule has 0 unspecified atom stereocenters. The first-order valence-corrected chi connectivity index (χ1v) is 10.2. The average Bonchev–Trinajstić information content (AvgIpc) is 2.65. The Morgan fingerprint density at radius 2 is 1.68 bits per heavy atom. The zero-order valence-corrected chi connectivity index (χ0v) is 16.2. The van der Waals surface area contributed by atoms with Crippen LogP contribution in [0.4, 0.5) is 14.5 Å². The van der Waals surface area contributed by atoms with E-state index in [4.69, 9.17) is 0 Å². The first-order valence-electron chi connectivity index (χ1n) is 8.80. The van der Waals surface area contributed by atoms with Gasteiger partial charge in [0.05, 0.1) is 17.1 Å². The molecule has 28 heavy (non-hydrogen) atoms. The minimum Gasteiger partial charge on any atom is -0.322 e. The van der Waals surface area contributed by atoms with E-state index < -0.39 is 27.6 Å². The van der Waals surface area contributed by atoms with E-state index in [1.165, 1.54) is 4.31 Å². The van der Waals surface area contributed by atoms with Crippen LogP contribution in [0.15, 0.2) is 47.4 Å². The number of hydrogen-bond donors (Lipinski definition) is 1. The molecule has 1 aliphatic rings. The number of rotatable bonds is 5. The Bertz CT molecular complexity index is 957. The highest BCUT2D eigenvalue weighted by molar-refractivity contribution is 7.89. The number of nitrogens with zero attached hydrogens (tertiary/aromatic N) is 2. The fourth-order valence-corrected chi connectivity index (χ4v) is 4.40. The van der Waals surface area contributed by atoms with Gasteiger partial charge in [-0.1, -0.05) is 17.7 Å². The summed E-state index contributed by atoms with van der Waals surface area (Å²) in [7, 11) is -3.57. The van der Waals surface area contributed by atoms with Gasteiger partial charge in [0, 0.05) is 32.2 Å². The van der Waals surface area contributed by atoms with Gasteiger partial charge in [0.25, 0.3) is 0 Å². The molecule has 1 fully saturated rings. The van der Waals surface area contributed by atoms with Gasteiger partial charge in [-0.2, -0.15) is 4.31 Å². The second kappa shape index (κ2) is 8.34. The maximum absolute atomic E-state index is 13.6. The largest absolute Gasteiger partial charge is 0.322 e. The third-order valence-electron chi connectivity index (χ3n) is 4.56. The number of nitrogens with one attached hydrogen (secondary N) is 1. The highest BCUT2D eigenvalue weighted by Crippen LogP contribution is 2.19. The Balaban J connectivity index is 1.55. The van der Waals surface area contributed by atoms with Crippen LogP contribution in [0.3, 0.4) is 0 Å². The number of anilines is 1. The normalized spacial score (nSPS) is 16.1. The molecular formula is C19H21F2N3O3S. The number of hydrogen-bond acceptors (Lipinski definition) is 4. The standard InChI is InChI=1S/C19H21F2N3O3S/c1-14-2-5-16(6-3-14)28(26,27)24-10-8-23(9-11-24)13-19(25)22-18-12-15(20)4-7-17(18)21/h2-7,12H,8-11,13H2,1H3,(H,22,25). The first kappa shape index (κ1) is 20.4. The van der Waals surface area contributed by atoms with Crippen molar-refractivity contribution >= 4 is 21.6 Å². The van der Waals surface area contributed by atoms with Crippen molar-refractivity contribution in [2.75, 3.05) is 38.0 Å². The van der Waals surface area contributed by atoms with E-state index in [0.717, 1.165) is 23.8 Å². The van der Waals surface area contributed by atoms with Crippen LogP contribution in [-0.2, 0) is 14.8 Å². The quantitative estimate of drug-likeness (QED) is 0.822. The lowest BCUT2D eigenvalue weighted by Gasteiger charge is -2.33. The van der Waals surface area contributed by atoms with Crippen LogP contribution in [-0.4, -0.2) is 56.3 Å². The highest BCUT2D eigenvalue weighted by Gasteiger charge is 2.29. The molecule has 2 aromatic rings. The van der Waals surface area contributed by atoms with Gasteiger partial charge in [-0.15, -0.1) is 0 Å². The van der Waals surface area contributed by atoms with Crippen LogP contribution >= 0.6 is 0 Å². The average molecular weight is 409 g/mol. The molecule has 1 amide bonds. The van der Waals surface area contributed by atoms with E-state index in [2.05, 4.69) is 5.32 Å². The minimum atomic E-state index is -3.57. The fourth-order valence-electron chi connectivity index (χ4n) is 2.97. The van der Waals surface area contributed by atoms with E-state index in [-0.39, 0.29) is 30.2 Å². The number of aryl methyl sites for hydroxylation is 1. The van der Waals surface area contributed by atoms with Crippen LogP contribution in [0, 0.1) is 18.6 Å². The molecule has 0 bridgehead atoms. The summed E-state index contributed by atoms with van der Waals surface area (Å²) in [5, 5.41) is 2.34. The molecule has 0 saturated carbocycles. The molecule has 0 spiro atoms. The molecule has 0 radical (unpaired) electrons. The summed E-state index contributed by atoms with van der Waals surface area (Å²) < 4.78 is 53.6. The minimum absolute atomic E-state index is 0.0334. The van der Waals surface area contributed by atoms with Crippen molar-refractivity contribution < 1.29 is 22.0 Å². The lowest BCUT2D eigenvalue weighted by molar-refractivity contribution is -0.117. The van der Waals surface area contributed by atoms with Crippen molar-refractivity contribution in [2.45, 2.75) is 11.8 Å². The number of piperazine rings is 1. The van der Waals surface area contributed by atoms with Gasteiger partial charge in [-0.25, -0.2) is 17.2 Å². The van der Waals surface area contributed by atoms with E-state index in [1.54, 1.807) is 29.2 Å². The van der Waals surface area contributed by atoms with Gasteiger partial charge in [-0.3, -0.25) is 9.69 Å². The molecule has 0 aromatic heterocycles. The Kier molecular flexibility index (Phi) is 6.07. The predicted octanol–water partition coefficient (Wildman–Crippen LogP) is 2.22. The van der Waals surface area contributed by atoms with Crippen LogP contribution in [0.25, 0.3) is 0 Å². The van der Waals surface area contributed by atoms with Crippen molar-refractivity contribution in [1.82, 2.24) is 9.21 Å². The summed E-state index contributed by atoms with van der Waals surface area (Å²) in [6, 6.07) is 9.49. The summed E-state index contributed by atoms with van der Waals surface area (Å²) in [6.45, 7) is 3.08. The van der Waals surface area contributed by atoms with Crippen molar-refractivity contribution in [3.63, 3.8) is 0 Å². The lowest BCUT2D eigenvalue weighted by atomic mass is 10.2. The van der Waals surface area contributed by atoms with E-state index in [9.17, 15) is 22.0 Å². The van der Waals surface area contributed by atoms with Gasteiger partial charge in [0.15, 0.2) is 0 Å². The molecule has 3 rings (SSSR count). The summed E-state index contributed by atoms with van der Waals surface area (Å²) in [5.74, 6) is -1.85. The predicted molar refractivity (Wildman–Crippen MR) is 101 cm³/mol. The second-order valence-electron chi connectivity index (χ2n) is 6.67. The fraction of sp³-hybridized carbons (Fsp3) is 0.316. The highest BCUT2D eigenvalue weighted by atomic mass is 32.2. The van der Waals surface area contributed by atoms with Crippen molar-refractivity contribution in [1.29, 1.82) is 0 Å². The SMILES string of the molecule is Cc1ccc(S(=O)(=O)N2CCN(CC(=O)Nc3cc(F)ccc3F)CC2)cc1. The maximum Gasteiger partial charge on any atom is 0.243 e. The molecule has 2 aromatic carbocycles. The molecule has 6 nitrogen and oxygen atoms in total. The molecule has 9 heteroatoms. The molecule has 1 N–H and O–H groups in total. The smallest absolute Gasteiger partial charge is 0.243 e. The third kappa shape index (κ3) is 4.73. The zero-order chi connectivity index (χ0) is 20.3. The lowest BCUT2D eigenvalue weighted by Crippen LogP contribution is -2.50. The Hall–Kier alpha value is -2.36. The maximum atomic E-state index is 13.6.